The molecule has 2 atom stereocenters. The summed E-state index contributed by atoms with van der Waals surface area (Å²) in [5, 5.41) is 3.33. The predicted octanol–water partition coefficient (Wildman–Crippen LogP) is 0.897. The summed E-state index contributed by atoms with van der Waals surface area (Å²) in [7, 11) is 0. The fraction of sp³-hybridized carbons (Fsp3) is 0.500. The zero-order valence-corrected chi connectivity index (χ0v) is 10.8. The summed E-state index contributed by atoms with van der Waals surface area (Å²) in [6.45, 7) is 4.52. The van der Waals surface area contributed by atoms with Crippen LogP contribution >= 0.6 is 0 Å². The topological polar surface area (TPSA) is 58.4 Å². The van der Waals surface area contributed by atoms with Crippen molar-refractivity contribution in [3.8, 4) is 0 Å². The Bertz CT molecular complexity index is 393. The van der Waals surface area contributed by atoms with E-state index in [0.29, 0.717) is 12.5 Å². The van der Waals surface area contributed by atoms with Gasteiger partial charge in [0.1, 0.15) is 0 Å². The van der Waals surface area contributed by atoms with Crippen LogP contribution in [0.5, 0.6) is 0 Å². The first kappa shape index (κ1) is 13.1. The van der Waals surface area contributed by atoms with Crippen LogP contribution in [0, 0.1) is 0 Å². The summed E-state index contributed by atoms with van der Waals surface area (Å²) in [6.07, 6.45) is 0.386. The molecule has 0 spiro atoms. The summed E-state index contributed by atoms with van der Waals surface area (Å²) in [5.74, 6) is 0.153. The Morgan fingerprint density at radius 3 is 2.89 bits per heavy atom. The Morgan fingerprint density at radius 1 is 1.50 bits per heavy atom. The minimum atomic E-state index is -0.205. The van der Waals surface area contributed by atoms with Gasteiger partial charge in [-0.3, -0.25) is 4.79 Å². The highest BCUT2D eigenvalue weighted by Crippen LogP contribution is 2.15. The van der Waals surface area contributed by atoms with Gasteiger partial charge in [-0.1, -0.05) is 30.3 Å². The minimum absolute atomic E-state index is 0.153. The Hall–Kier alpha value is -1.39. The van der Waals surface area contributed by atoms with Crippen LogP contribution in [0.25, 0.3) is 0 Å². The number of hydrogen-bond acceptors (Lipinski definition) is 3. The monoisotopic (exact) mass is 247 g/mol. The lowest BCUT2D eigenvalue weighted by Gasteiger charge is -2.32. The van der Waals surface area contributed by atoms with Gasteiger partial charge in [-0.2, -0.15) is 0 Å². The maximum Gasteiger partial charge on any atom is 0.224 e. The summed E-state index contributed by atoms with van der Waals surface area (Å²) < 4.78 is 0. The maximum atomic E-state index is 12.1. The Labute approximate surface area is 108 Å². The normalized spacial score (nSPS) is 21.7. The molecule has 0 saturated carbocycles. The Morgan fingerprint density at radius 2 is 2.22 bits per heavy atom. The van der Waals surface area contributed by atoms with Gasteiger partial charge in [0, 0.05) is 38.1 Å². The molecule has 18 heavy (non-hydrogen) atoms. The highest BCUT2D eigenvalue weighted by molar-refractivity contribution is 5.77. The second-order valence-corrected chi connectivity index (χ2v) is 4.92. The van der Waals surface area contributed by atoms with Gasteiger partial charge in [-0.15, -0.1) is 0 Å². The molecule has 0 unspecified atom stereocenters. The van der Waals surface area contributed by atoms with E-state index in [-0.39, 0.29) is 11.9 Å². The molecule has 1 aliphatic heterocycles. The lowest BCUT2D eigenvalue weighted by Crippen LogP contribution is -2.51. The SMILES string of the molecule is C[C@@H]1CN(C(=O)C[C@H](N)c2ccccc2)CCN1. The van der Waals surface area contributed by atoms with E-state index >= 15 is 0 Å². The number of hydrogen-bond donors (Lipinski definition) is 2. The van der Waals surface area contributed by atoms with Gasteiger partial charge in [0.2, 0.25) is 5.91 Å². The van der Waals surface area contributed by atoms with Crippen molar-refractivity contribution >= 4 is 5.91 Å². The Kier molecular flexibility index (Phi) is 4.33. The standard InChI is InChI=1S/C14H21N3O/c1-11-10-17(8-7-16-11)14(18)9-13(15)12-5-3-2-4-6-12/h2-6,11,13,16H,7-10,15H2,1H3/t11-,13+/m1/s1. The quantitative estimate of drug-likeness (QED) is 0.834. The maximum absolute atomic E-state index is 12.1. The lowest BCUT2D eigenvalue weighted by molar-refractivity contribution is -0.132. The van der Waals surface area contributed by atoms with Crippen molar-refractivity contribution in [3.63, 3.8) is 0 Å². The first-order valence-electron chi connectivity index (χ1n) is 6.48. The van der Waals surface area contributed by atoms with E-state index in [1.165, 1.54) is 0 Å². The van der Waals surface area contributed by atoms with E-state index in [2.05, 4.69) is 12.2 Å². The second kappa shape index (κ2) is 5.98. The number of carbonyl (C=O) groups excluding carboxylic acids is 1. The molecule has 0 bridgehead atoms. The largest absolute Gasteiger partial charge is 0.340 e. The molecule has 1 saturated heterocycles. The van der Waals surface area contributed by atoms with Crippen molar-refractivity contribution in [1.82, 2.24) is 10.2 Å². The van der Waals surface area contributed by atoms with Gasteiger partial charge in [0.25, 0.3) is 0 Å². The molecule has 1 fully saturated rings. The molecular weight excluding hydrogens is 226 g/mol. The molecule has 1 aliphatic rings. The van der Waals surface area contributed by atoms with E-state index in [9.17, 15) is 4.79 Å². The lowest BCUT2D eigenvalue weighted by atomic mass is 10.0. The molecule has 0 radical (unpaired) electrons. The minimum Gasteiger partial charge on any atom is -0.340 e. The molecule has 4 nitrogen and oxygen atoms in total. The summed E-state index contributed by atoms with van der Waals surface area (Å²) in [6, 6.07) is 9.96. The first-order valence-corrected chi connectivity index (χ1v) is 6.48. The summed E-state index contributed by atoms with van der Waals surface area (Å²) >= 11 is 0. The molecular formula is C14H21N3O. The number of carbonyl (C=O) groups is 1. The van der Waals surface area contributed by atoms with Crippen LogP contribution in [-0.2, 0) is 4.79 Å². The van der Waals surface area contributed by atoms with Gasteiger partial charge < -0.3 is 16.0 Å². The van der Waals surface area contributed by atoms with E-state index in [0.717, 1.165) is 25.2 Å². The molecule has 2 rings (SSSR count). The third kappa shape index (κ3) is 3.31. The summed E-state index contributed by atoms with van der Waals surface area (Å²) in [5.41, 5.74) is 7.10. The third-order valence-corrected chi connectivity index (χ3v) is 3.34. The fourth-order valence-electron chi connectivity index (χ4n) is 2.29. The molecule has 3 N–H and O–H groups in total. The van der Waals surface area contributed by atoms with Crippen molar-refractivity contribution in [2.45, 2.75) is 25.4 Å². The van der Waals surface area contributed by atoms with Crippen molar-refractivity contribution < 1.29 is 4.79 Å². The molecule has 1 heterocycles. The number of benzene rings is 1. The smallest absolute Gasteiger partial charge is 0.224 e. The van der Waals surface area contributed by atoms with E-state index in [4.69, 9.17) is 5.73 Å². The van der Waals surface area contributed by atoms with Crippen LogP contribution in [0.4, 0.5) is 0 Å². The number of piperazine rings is 1. The van der Waals surface area contributed by atoms with Gasteiger partial charge in [0.15, 0.2) is 0 Å². The van der Waals surface area contributed by atoms with E-state index in [1.54, 1.807) is 0 Å². The van der Waals surface area contributed by atoms with Crippen molar-refractivity contribution in [2.75, 3.05) is 19.6 Å². The first-order chi connectivity index (χ1) is 8.66. The van der Waals surface area contributed by atoms with Crippen molar-refractivity contribution in [3.05, 3.63) is 35.9 Å². The average Bonchev–Trinajstić information content (AvgIpc) is 2.39. The van der Waals surface area contributed by atoms with Crippen LogP contribution in [0.1, 0.15) is 24.9 Å². The predicted molar refractivity (Wildman–Crippen MR) is 72.0 cm³/mol. The van der Waals surface area contributed by atoms with Crippen molar-refractivity contribution in [1.29, 1.82) is 0 Å². The fourth-order valence-corrected chi connectivity index (χ4v) is 2.29. The van der Waals surface area contributed by atoms with Crippen LogP contribution < -0.4 is 11.1 Å². The van der Waals surface area contributed by atoms with Crippen LogP contribution in [0.2, 0.25) is 0 Å². The average molecular weight is 247 g/mol. The van der Waals surface area contributed by atoms with Crippen molar-refractivity contribution in [2.24, 2.45) is 5.73 Å². The second-order valence-electron chi connectivity index (χ2n) is 4.92. The van der Waals surface area contributed by atoms with Gasteiger partial charge in [-0.25, -0.2) is 0 Å². The van der Waals surface area contributed by atoms with Gasteiger partial charge >= 0.3 is 0 Å². The number of amides is 1. The molecule has 0 aromatic heterocycles. The highest BCUT2D eigenvalue weighted by Gasteiger charge is 2.22. The van der Waals surface area contributed by atoms with E-state index in [1.807, 2.05) is 35.2 Å². The number of nitrogens with one attached hydrogen (secondary N) is 1. The van der Waals surface area contributed by atoms with Crippen LogP contribution in [0.3, 0.4) is 0 Å². The zero-order valence-electron chi connectivity index (χ0n) is 10.8. The van der Waals surface area contributed by atoms with E-state index < -0.39 is 0 Å². The molecule has 1 amide bonds. The van der Waals surface area contributed by atoms with Gasteiger partial charge in [0.05, 0.1) is 0 Å². The summed E-state index contributed by atoms with van der Waals surface area (Å²) in [4.78, 5) is 14.1. The third-order valence-electron chi connectivity index (χ3n) is 3.34. The van der Waals surface area contributed by atoms with Crippen LogP contribution in [-0.4, -0.2) is 36.5 Å². The van der Waals surface area contributed by atoms with Gasteiger partial charge in [-0.05, 0) is 12.5 Å². The molecule has 1 aromatic rings. The Balaban J connectivity index is 1.91. The highest BCUT2D eigenvalue weighted by atomic mass is 16.2. The molecule has 98 valence electrons. The molecule has 0 aliphatic carbocycles. The molecule has 1 aromatic carbocycles. The molecule has 4 heteroatoms. The van der Waals surface area contributed by atoms with Crippen LogP contribution in [0.15, 0.2) is 30.3 Å². The zero-order chi connectivity index (χ0) is 13.0. The number of rotatable bonds is 3. The number of nitrogens with zero attached hydrogens (tertiary/aromatic N) is 1. The number of nitrogens with two attached hydrogens (primary N) is 1.